The molecule has 0 bridgehead atoms. The largest absolute Gasteiger partial charge is 0.337 e. The molecule has 0 saturated carbocycles. The molecule has 0 radical (unpaired) electrons. The fourth-order valence-electron chi connectivity index (χ4n) is 2.73. The van der Waals surface area contributed by atoms with Crippen LogP contribution in [0.3, 0.4) is 0 Å². The summed E-state index contributed by atoms with van der Waals surface area (Å²) in [6.45, 7) is 13.9. The zero-order chi connectivity index (χ0) is 20.4. The highest BCUT2D eigenvalue weighted by atomic mass is 28.3. The van der Waals surface area contributed by atoms with Crippen molar-refractivity contribution in [3.63, 3.8) is 0 Å². The zero-order valence-electron chi connectivity index (χ0n) is 19.6. The lowest BCUT2D eigenvalue weighted by Gasteiger charge is -2.35. The fourth-order valence-corrected chi connectivity index (χ4v) is 3.48. The van der Waals surface area contributed by atoms with Crippen LogP contribution in [0.1, 0.15) is 118 Å². The minimum absolute atomic E-state index is 0.343. The van der Waals surface area contributed by atoms with Gasteiger partial charge in [-0.15, -0.1) is 0 Å². The fraction of sp³-hybridized carbons (Fsp3) is 0.875. The molecule has 0 aromatic carbocycles. The summed E-state index contributed by atoms with van der Waals surface area (Å²) in [5, 5.41) is 8.29. The predicted molar refractivity (Wildman–Crippen MR) is 128 cm³/mol. The molecule has 0 amide bonds. The van der Waals surface area contributed by atoms with E-state index in [4.69, 9.17) is 0 Å². The van der Waals surface area contributed by atoms with E-state index >= 15 is 0 Å². The number of hydrazone groups is 1. The summed E-state index contributed by atoms with van der Waals surface area (Å²) in [5.74, 6) is 0. The van der Waals surface area contributed by atoms with E-state index in [-0.39, 0.29) is 0 Å². The van der Waals surface area contributed by atoms with Gasteiger partial charge in [-0.1, -0.05) is 97.6 Å². The molecule has 2 nitrogen and oxygen atoms in total. The van der Waals surface area contributed by atoms with Crippen LogP contribution in [-0.2, 0) is 0 Å². The lowest BCUT2D eigenvalue weighted by molar-refractivity contribution is 0.563. The quantitative estimate of drug-likeness (QED) is 0.0862. The maximum absolute atomic E-state index is 4.49. The monoisotopic (exact) mass is 394 g/mol. The molecule has 0 aliphatic rings. The van der Waals surface area contributed by atoms with E-state index in [0.717, 1.165) is 6.42 Å². The Balaban J connectivity index is 3.34. The minimum Gasteiger partial charge on any atom is -0.337 e. The second-order valence-corrected chi connectivity index (χ2v) is 14.6. The van der Waals surface area contributed by atoms with Crippen LogP contribution in [0, 0.1) is 0 Å². The van der Waals surface area contributed by atoms with E-state index in [1.54, 1.807) is 0 Å². The van der Waals surface area contributed by atoms with E-state index in [1.807, 2.05) is 0 Å². The van der Waals surface area contributed by atoms with E-state index < -0.39 is 8.24 Å². The number of nitrogens with one attached hydrogen (secondary N) is 1. The third-order valence-electron chi connectivity index (χ3n) is 5.91. The average molecular weight is 395 g/mol. The molecule has 0 spiro atoms. The molecule has 0 fully saturated rings. The summed E-state index contributed by atoms with van der Waals surface area (Å²) in [4.78, 5) is 0. The van der Waals surface area contributed by atoms with Crippen LogP contribution in [0.15, 0.2) is 17.3 Å². The predicted octanol–water partition coefficient (Wildman–Crippen LogP) is 8.60. The highest BCUT2D eigenvalue weighted by Crippen LogP contribution is 2.33. The molecule has 0 aromatic rings. The van der Waals surface area contributed by atoms with Gasteiger partial charge in [-0.05, 0) is 50.2 Å². The van der Waals surface area contributed by atoms with Gasteiger partial charge in [0.2, 0.25) is 0 Å². The molecule has 0 aromatic heterocycles. The zero-order valence-corrected chi connectivity index (χ0v) is 20.6. The third-order valence-corrected chi connectivity index (χ3v) is 10.3. The smallest absolute Gasteiger partial charge is 0.173 e. The number of hydrogen-bond acceptors (Lipinski definition) is 2. The molecular weight excluding hydrogens is 344 g/mol. The van der Waals surface area contributed by atoms with Crippen LogP contribution >= 0.6 is 0 Å². The third kappa shape index (κ3) is 16.1. The molecule has 0 atom stereocenters. The Kier molecular flexibility index (Phi) is 16.0. The van der Waals surface area contributed by atoms with Crippen molar-refractivity contribution >= 4 is 14.5 Å². The van der Waals surface area contributed by atoms with E-state index in [2.05, 4.69) is 69.3 Å². The van der Waals surface area contributed by atoms with Crippen molar-refractivity contribution in [2.45, 2.75) is 136 Å². The lowest BCUT2D eigenvalue weighted by Crippen LogP contribution is -2.49. The van der Waals surface area contributed by atoms with E-state index in [9.17, 15) is 0 Å². The van der Waals surface area contributed by atoms with Gasteiger partial charge in [0.05, 0.1) is 0 Å². The Labute approximate surface area is 172 Å². The van der Waals surface area contributed by atoms with Gasteiger partial charge in [0, 0.05) is 6.21 Å². The molecule has 0 aliphatic carbocycles. The Morgan fingerprint density at radius 3 is 1.63 bits per heavy atom. The van der Waals surface area contributed by atoms with Crippen LogP contribution in [0.25, 0.3) is 0 Å². The number of allylic oxidation sites excluding steroid dienone is 2. The van der Waals surface area contributed by atoms with Gasteiger partial charge >= 0.3 is 0 Å². The van der Waals surface area contributed by atoms with Gasteiger partial charge in [0.15, 0.2) is 8.24 Å². The van der Waals surface area contributed by atoms with Crippen LogP contribution in [0.5, 0.6) is 0 Å². The number of unbranched alkanes of at least 4 members (excludes halogenated alkanes) is 12. The first-order chi connectivity index (χ1) is 12.8. The van der Waals surface area contributed by atoms with Gasteiger partial charge in [-0.25, -0.2) is 5.10 Å². The second kappa shape index (κ2) is 16.4. The number of nitrogens with zero attached hydrogens (tertiary/aromatic N) is 1. The molecule has 160 valence electrons. The van der Waals surface area contributed by atoms with Gasteiger partial charge in [-0.2, -0.15) is 0 Å². The number of rotatable bonds is 17. The molecule has 0 aliphatic heterocycles. The van der Waals surface area contributed by atoms with Crippen molar-refractivity contribution in [2.75, 3.05) is 0 Å². The molecule has 0 unspecified atom stereocenters. The Bertz CT molecular complexity index is 380. The summed E-state index contributed by atoms with van der Waals surface area (Å²) < 4.78 is 0. The highest BCUT2D eigenvalue weighted by Gasteiger charge is 2.35. The van der Waals surface area contributed by atoms with E-state index in [0.29, 0.717) is 5.04 Å². The van der Waals surface area contributed by atoms with Crippen LogP contribution in [-0.4, -0.2) is 14.5 Å². The minimum atomic E-state index is -1.47. The molecule has 0 saturated heterocycles. The Morgan fingerprint density at radius 1 is 0.704 bits per heavy atom. The molecular formula is C24H50N2Si. The first kappa shape index (κ1) is 26.4. The molecule has 0 rings (SSSR count). The van der Waals surface area contributed by atoms with Crippen molar-refractivity contribution in [3.8, 4) is 0 Å². The van der Waals surface area contributed by atoms with Gasteiger partial charge in [-0.3, -0.25) is 0 Å². The molecule has 0 heterocycles. The normalized spacial score (nSPS) is 13.1. The van der Waals surface area contributed by atoms with Crippen LogP contribution < -0.4 is 5.09 Å². The highest BCUT2D eigenvalue weighted by molar-refractivity contribution is 6.77. The summed E-state index contributed by atoms with van der Waals surface area (Å²) in [6, 6.07) is 0. The standard InChI is InChI=1S/C24H50N2Si/c1-7-8-9-10-11-12-13-14-15-16-17-18-19-20-21-22-23-25-26-27(5,6)24(2,3)4/h10-11,23,26H,7-9,12-22H2,1-6H3/b11-10-,25-23+. The second-order valence-electron chi connectivity index (χ2n) is 9.67. The summed E-state index contributed by atoms with van der Waals surface area (Å²) in [5.41, 5.74) is 0. The van der Waals surface area contributed by atoms with Crippen molar-refractivity contribution in [2.24, 2.45) is 5.10 Å². The van der Waals surface area contributed by atoms with Crippen molar-refractivity contribution in [3.05, 3.63) is 12.2 Å². The van der Waals surface area contributed by atoms with Gasteiger partial charge < -0.3 is 5.09 Å². The summed E-state index contributed by atoms with van der Waals surface area (Å²) in [7, 11) is -1.47. The van der Waals surface area contributed by atoms with Gasteiger partial charge in [0.25, 0.3) is 0 Å². The summed E-state index contributed by atoms with van der Waals surface area (Å²) >= 11 is 0. The molecule has 27 heavy (non-hydrogen) atoms. The Hall–Kier alpha value is -0.573. The SMILES string of the molecule is CCCC/C=C\CCCCCCCCCCC/C=N/N[Si](C)(C)C(C)(C)C. The van der Waals surface area contributed by atoms with Crippen molar-refractivity contribution < 1.29 is 0 Å². The maximum atomic E-state index is 4.49. The van der Waals surface area contributed by atoms with Crippen LogP contribution in [0.4, 0.5) is 0 Å². The van der Waals surface area contributed by atoms with Gasteiger partial charge in [0.1, 0.15) is 0 Å². The Morgan fingerprint density at radius 2 is 1.15 bits per heavy atom. The molecule has 1 N–H and O–H groups in total. The molecule has 3 heteroatoms. The van der Waals surface area contributed by atoms with E-state index in [1.165, 1.54) is 83.5 Å². The summed E-state index contributed by atoms with van der Waals surface area (Å²) in [6.07, 6.45) is 25.7. The first-order valence-electron chi connectivity index (χ1n) is 11.7. The first-order valence-corrected chi connectivity index (χ1v) is 14.7. The lowest BCUT2D eigenvalue weighted by atomic mass is 10.1. The number of hydrogen-bond donors (Lipinski definition) is 1. The van der Waals surface area contributed by atoms with Crippen LogP contribution in [0.2, 0.25) is 18.1 Å². The average Bonchev–Trinajstić information content (AvgIpc) is 2.59. The maximum Gasteiger partial charge on any atom is 0.173 e. The van der Waals surface area contributed by atoms with Crippen molar-refractivity contribution in [1.82, 2.24) is 5.09 Å². The van der Waals surface area contributed by atoms with Crippen molar-refractivity contribution in [1.29, 1.82) is 0 Å². The topological polar surface area (TPSA) is 24.4 Å².